The van der Waals surface area contributed by atoms with Gasteiger partial charge in [-0.15, -0.1) is 0 Å². The second-order valence-corrected chi connectivity index (χ2v) is 19.7. The molecule has 328 valence electrons. The Labute approximate surface area is 351 Å². The summed E-state index contributed by atoms with van der Waals surface area (Å²) in [6.07, 6.45) is 11.3. The lowest BCUT2D eigenvalue weighted by atomic mass is 9.93. The van der Waals surface area contributed by atoms with Gasteiger partial charge >= 0.3 is 22.1 Å². The molecule has 2 aliphatic heterocycles. The van der Waals surface area contributed by atoms with E-state index in [0.29, 0.717) is 52.7 Å². The van der Waals surface area contributed by atoms with Crippen LogP contribution in [-0.4, -0.2) is 103 Å². The Balaban J connectivity index is 0.000000333. The van der Waals surface area contributed by atoms with Gasteiger partial charge in [0.05, 0.1) is 60.2 Å². The van der Waals surface area contributed by atoms with E-state index in [4.69, 9.17) is 31.1 Å². The molecular formula is C37H51ClFN4O13PS2. The number of benzene rings is 2. The minimum absolute atomic E-state index is 0.000883. The highest BCUT2D eigenvalue weighted by Crippen LogP contribution is 2.39. The third-order valence-corrected chi connectivity index (χ3v) is 10.4. The number of para-hydroxylation sites is 1. The van der Waals surface area contributed by atoms with Crippen LogP contribution in [-0.2, 0) is 49.6 Å². The molecule has 22 heteroatoms. The molecule has 0 spiro atoms. The molecule has 5 rings (SSSR count). The first-order valence-corrected chi connectivity index (χ1v) is 24.3. The predicted molar refractivity (Wildman–Crippen MR) is 221 cm³/mol. The number of carboxylic acid groups (broad SMARTS) is 1. The number of esters is 1. The zero-order valence-corrected chi connectivity index (χ0v) is 36.9. The largest absolute Gasteiger partial charge is 0.778 e. The summed E-state index contributed by atoms with van der Waals surface area (Å²) < 4.78 is 61.7. The van der Waals surface area contributed by atoms with Crippen LogP contribution in [0.15, 0.2) is 47.5 Å². The van der Waals surface area contributed by atoms with Crippen LogP contribution in [0.3, 0.4) is 0 Å². The van der Waals surface area contributed by atoms with Gasteiger partial charge in [0.2, 0.25) is 0 Å². The average Bonchev–Trinajstić information content (AvgIpc) is 3.37. The topological polar surface area (TPSA) is 249 Å². The summed E-state index contributed by atoms with van der Waals surface area (Å²) in [7, 11) is -7.46. The Bertz CT molecular complexity index is 2000. The third-order valence-electron chi connectivity index (χ3n) is 7.90. The summed E-state index contributed by atoms with van der Waals surface area (Å²) >= 11 is 6.02. The van der Waals surface area contributed by atoms with Gasteiger partial charge in [-0.3, -0.25) is 29.2 Å². The summed E-state index contributed by atoms with van der Waals surface area (Å²) in [4.78, 5) is 77.7. The van der Waals surface area contributed by atoms with Gasteiger partial charge in [0.15, 0.2) is 6.61 Å². The lowest BCUT2D eigenvalue weighted by Gasteiger charge is -2.31. The molecular weight excluding hydrogens is 858 g/mol. The van der Waals surface area contributed by atoms with Crippen LogP contribution in [0.5, 0.6) is 5.75 Å². The van der Waals surface area contributed by atoms with Crippen molar-refractivity contribution in [2.45, 2.75) is 71.8 Å². The normalized spacial score (nSPS) is 16.3. The Hall–Kier alpha value is -4.04. The van der Waals surface area contributed by atoms with Crippen LogP contribution in [0.1, 0.15) is 76.1 Å². The molecule has 0 saturated heterocycles. The average molecular weight is 909 g/mol. The maximum atomic E-state index is 14.5. The lowest BCUT2D eigenvalue weighted by molar-refractivity contribution is -0.193. The first-order chi connectivity index (χ1) is 27.5. The van der Waals surface area contributed by atoms with E-state index in [1.165, 1.54) is 6.07 Å². The molecule has 0 bridgehead atoms. The maximum absolute atomic E-state index is 14.5. The minimum Gasteiger partial charge on any atom is -0.778 e. The first-order valence-electron chi connectivity index (χ1n) is 18.3. The van der Waals surface area contributed by atoms with Crippen LogP contribution in [0.2, 0.25) is 5.02 Å². The number of hydrogen-bond donors (Lipinski definition) is 4. The summed E-state index contributed by atoms with van der Waals surface area (Å²) in [5.41, 5.74) is 1.39. The number of fused-ring (bicyclic) bond motifs is 1. The standard InChI is InChI=1S/C21H23ClFNO5.C10H12N2O3S.C3H8NO5P.C3H9S/c1-2-3-6-9-28-19(25)12-29-18-11-17(16(23)10-15(18)22)24-20(26)13-7-4-5-8-14(13)21(24)27;1-7(2)12-10(13)8-5-3-4-6-9(8)11-16(12,14)15;5-3(6)1-4-2-10(7,8)9;1-4(2)3/h10-11H,2-9,12H2,1H3;3-7,11H,1-2H3;4H,1-2H2,(H,5,6)(H2,7,8,9);1-3H3/q;;;+1/p-1. The quantitative estimate of drug-likeness (QED) is 0.0724. The number of halogens is 2. The molecule has 0 radical (unpaired) electrons. The van der Waals surface area contributed by atoms with E-state index in [-0.39, 0.29) is 16.5 Å². The molecule has 1 atom stereocenters. The Morgan fingerprint density at radius 3 is 2.15 bits per heavy atom. The van der Waals surface area contributed by atoms with Crippen molar-refractivity contribution < 1.29 is 65.7 Å². The summed E-state index contributed by atoms with van der Waals surface area (Å²) in [5.74, 6) is -4.06. The van der Waals surface area contributed by atoms with Gasteiger partial charge in [0.25, 0.3) is 17.7 Å². The number of imide groups is 1. The van der Waals surface area contributed by atoms with Crippen LogP contribution in [0.25, 0.3) is 0 Å². The van der Waals surface area contributed by atoms with Crippen molar-refractivity contribution >= 4 is 81.3 Å². The van der Waals surface area contributed by atoms with Crippen molar-refractivity contribution in [1.82, 2.24) is 9.62 Å². The summed E-state index contributed by atoms with van der Waals surface area (Å²) in [6, 6.07) is 8.30. The van der Waals surface area contributed by atoms with E-state index in [0.717, 1.165) is 47.4 Å². The van der Waals surface area contributed by atoms with Gasteiger partial charge in [-0.1, -0.05) is 43.5 Å². The highest BCUT2D eigenvalue weighted by molar-refractivity contribution is 7.94. The van der Waals surface area contributed by atoms with Crippen molar-refractivity contribution in [2.75, 3.05) is 54.4 Å². The van der Waals surface area contributed by atoms with Gasteiger partial charge in [0, 0.05) is 23.3 Å². The molecule has 2 heterocycles. The number of anilines is 2. The molecule has 3 aliphatic rings. The molecule has 59 heavy (non-hydrogen) atoms. The highest BCUT2D eigenvalue weighted by Gasteiger charge is 2.41. The van der Waals surface area contributed by atoms with E-state index in [9.17, 15) is 46.2 Å². The number of unbranched alkanes of at least 4 members (excludes halogenated alkanes) is 2. The monoisotopic (exact) mass is 908 g/mol. The highest BCUT2D eigenvalue weighted by atomic mass is 35.5. The molecule has 0 saturated carbocycles. The van der Waals surface area contributed by atoms with Crippen molar-refractivity contribution in [3.05, 3.63) is 63.9 Å². The maximum Gasteiger partial charge on any atom is 0.344 e. The smallest absolute Gasteiger partial charge is 0.344 e. The molecule has 0 aromatic heterocycles. The number of carbonyl (C=O) groups excluding carboxylic acids is 4. The fourth-order valence-corrected chi connectivity index (χ4v) is 7.49. The van der Waals surface area contributed by atoms with Gasteiger partial charge in [-0.2, -0.15) is 8.42 Å². The zero-order chi connectivity index (χ0) is 44.7. The third kappa shape index (κ3) is 16.2. The number of hydrogen-bond acceptors (Lipinski definition) is 12. The molecule has 2 aromatic carbocycles. The molecule has 1 unspecified atom stereocenters. The van der Waals surface area contributed by atoms with Crippen LogP contribution in [0.4, 0.5) is 15.8 Å². The van der Waals surface area contributed by atoms with E-state index in [1.54, 1.807) is 38.1 Å². The number of nitrogens with zero attached hydrogens (tertiary/aromatic N) is 2. The number of amides is 3. The van der Waals surface area contributed by atoms with E-state index in [2.05, 4.69) is 23.5 Å². The second-order valence-electron chi connectivity index (χ2n) is 13.7. The fraction of sp³-hybridized carbons (Fsp3) is 0.486. The molecule has 2 aromatic rings. The number of ether oxygens (including phenoxy) is 2. The Morgan fingerprint density at radius 2 is 1.63 bits per heavy atom. The molecule has 3 amide bonds. The van der Waals surface area contributed by atoms with Gasteiger partial charge in [0.1, 0.15) is 19.2 Å². The fourth-order valence-electron chi connectivity index (χ4n) is 5.47. The SMILES string of the molecule is CC(C)N1C(=O)c2ccccc2NS1(=O)=O.CCCCCOC(=O)COc1cc(N2C(=O)C3=C(CCCC3)C2=O)c(F)cc1Cl.C[S+](C)C.O=C(O)CNCP(=O)([O-])O. The Kier molecular flexibility index (Phi) is 20.5. The molecule has 1 aliphatic carbocycles. The number of rotatable bonds is 13. The second kappa shape index (κ2) is 23.7. The predicted octanol–water partition coefficient (Wildman–Crippen LogP) is 4.20. The van der Waals surface area contributed by atoms with Gasteiger partial charge in [-0.05, 0) is 75.0 Å². The van der Waals surface area contributed by atoms with Crippen LogP contribution in [0, 0.1) is 5.82 Å². The van der Waals surface area contributed by atoms with E-state index < -0.39 is 78.8 Å². The van der Waals surface area contributed by atoms with Crippen LogP contribution >= 0.6 is 19.2 Å². The van der Waals surface area contributed by atoms with Crippen molar-refractivity contribution in [2.24, 2.45) is 0 Å². The number of aliphatic carboxylic acids is 1. The summed E-state index contributed by atoms with van der Waals surface area (Å²) in [5, 5.41) is 9.91. The number of carboxylic acids is 1. The molecule has 17 nitrogen and oxygen atoms in total. The first kappa shape index (κ1) is 51.1. The summed E-state index contributed by atoms with van der Waals surface area (Å²) in [6.45, 7) is 4.77. The van der Waals surface area contributed by atoms with E-state index >= 15 is 0 Å². The lowest BCUT2D eigenvalue weighted by Crippen LogP contribution is -2.48. The Morgan fingerprint density at radius 1 is 1.05 bits per heavy atom. The number of nitrogens with one attached hydrogen (secondary N) is 2. The molecule has 0 fully saturated rings. The van der Waals surface area contributed by atoms with Gasteiger partial charge in [-0.25, -0.2) is 18.4 Å². The number of carbonyl (C=O) groups is 5. The molecule has 4 N–H and O–H groups in total. The zero-order valence-electron chi connectivity index (χ0n) is 33.6. The van der Waals surface area contributed by atoms with Crippen molar-refractivity contribution in [1.29, 1.82) is 0 Å². The van der Waals surface area contributed by atoms with Crippen LogP contribution < -0.4 is 24.6 Å². The van der Waals surface area contributed by atoms with Crippen molar-refractivity contribution in [3.63, 3.8) is 0 Å². The van der Waals surface area contributed by atoms with Gasteiger partial charge < -0.3 is 28.9 Å². The minimum atomic E-state index is -4.35. The van der Waals surface area contributed by atoms with E-state index in [1.807, 2.05) is 12.2 Å². The van der Waals surface area contributed by atoms with Crippen molar-refractivity contribution in [3.8, 4) is 5.75 Å².